The zero-order valence-corrected chi connectivity index (χ0v) is 13.7. The summed E-state index contributed by atoms with van der Waals surface area (Å²) in [7, 11) is 0. The Balaban J connectivity index is 1.76. The Bertz CT molecular complexity index is 479. The predicted octanol–water partition coefficient (Wildman–Crippen LogP) is 3.45. The number of hydrogen-bond donors (Lipinski definition) is 1. The van der Waals surface area contributed by atoms with Crippen LogP contribution in [0.4, 0.5) is 5.69 Å². The van der Waals surface area contributed by atoms with Crippen molar-refractivity contribution in [1.29, 1.82) is 0 Å². The van der Waals surface area contributed by atoms with Crippen LogP contribution in [0, 0.1) is 19.8 Å². The largest absolute Gasteiger partial charge is 0.365 e. The lowest BCUT2D eigenvalue weighted by molar-refractivity contribution is 0.245. The molecule has 116 valence electrons. The van der Waals surface area contributed by atoms with Crippen molar-refractivity contribution < 1.29 is 0 Å². The van der Waals surface area contributed by atoms with E-state index in [-0.39, 0.29) is 0 Å². The summed E-state index contributed by atoms with van der Waals surface area (Å²) in [6.07, 6.45) is 7.09. The number of rotatable bonds is 2. The highest BCUT2D eigenvalue weighted by atomic mass is 15.2. The molecule has 2 aliphatic rings. The average Bonchev–Trinajstić information content (AvgIpc) is 2.49. The standard InChI is InChI=1S/C18H29N3/c1-13-9-10-18(15(3)20-13)21-12-17(19-11-14(21)2)16-7-5-4-6-8-16/h9-10,14,16-17,19H,4-8,11-12H2,1-3H3. The summed E-state index contributed by atoms with van der Waals surface area (Å²) in [4.78, 5) is 7.24. The van der Waals surface area contributed by atoms with Crippen molar-refractivity contribution in [2.75, 3.05) is 18.0 Å². The van der Waals surface area contributed by atoms with Gasteiger partial charge < -0.3 is 10.2 Å². The lowest BCUT2D eigenvalue weighted by atomic mass is 9.82. The van der Waals surface area contributed by atoms with Gasteiger partial charge in [0.15, 0.2) is 0 Å². The Labute approximate surface area is 129 Å². The maximum Gasteiger partial charge on any atom is 0.0609 e. The minimum Gasteiger partial charge on any atom is -0.365 e. The Hall–Kier alpha value is -1.09. The molecule has 0 bridgehead atoms. The number of hydrogen-bond acceptors (Lipinski definition) is 3. The van der Waals surface area contributed by atoms with Gasteiger partial charge >= 0.3 is 0 Å². The molecular formula is C18H29N3. The monoisotopic (exact) mass is 287 g/mol. The fourth-order valence-electron chi connectivity index (χ4n) is 4.06. The van der Waals surface area contributed by atoms with E-state index in [1.54, 1.807) is 0 Å². The van der Waals surface area contributed by atoms with Gasteiger partial charge in [-0.15, -0.1) is 0 Å². The molecule has 2 unspecified atom stereocenters. The van der Waals surface area contributed by atoms with Gasteiger partial charge in [0.1, 0.15) is 0 Å². The molecule has 1 aliphatic heterocycles. The van der Waals surface area contributed by atoms with E-state index in [0.29, 0.717) is 12.1 Å². The predicted molar refractivity (Wildman–Crippen MR) is 88.9 cm³/mol. The maximum absolute atomic E-state index is 4.66. The molecule has 0 amide bonds. The normalized spacial score (nSPS) is 27.9. The molecule has 1 N–H and O–H groups in total. The molecule has 1 saturated heterocycles. The van der Waals surface area contributed by atoms with Gasteiger partial charge in [0.2, 0.25) is 0 Å². The first kappa shape index (κ1) is 14.8. The SMILES string of the molecule is Cc1ccc(N2CC(C3CCCCC3)NCC2C)c(C)n1. The fraction of sp³-hybridized carbons (Fsp3) is 0.722. The van der Waals surface area contributed by atoms with E-state index >= 15 is 0 Å². The topological polar surface area (TPSA) is 28.2 Å². The Morgan fingerprint density at radius 2 is 1.90 bits per heavy atom. The van der Waals surface area contributed by atoms with Gasteiger partial charge in [-0.3, -0.25) is 4.98 Å². The molecule has 2 fully saturated rings. The van der Waals surface area contributed by atoms with Crippen molar-refractivity contribution in [3.8, 4) is 0 Å². The maximum atomic E-state index is 4.66. The zero-order valence-electron chi connectivity index (χ0n) is 13.7. The van der Waals surface area contributed by atoms with E-state index in [2.05, 4.69) is 48.1 Å². The molecule has 1 aromatic heterocycles. The second-order valence-corrected chi connectivity index (χ2v) is 6.97. The van der Waals surface area contributed by atoms with E-state index in [1.165, 1.54) is 43.5 Å². The molecule has 2 atom stereocenters. The van der Waals surface area contributed by atoms with Crippen LogP contribution in [0.25, 0.3) is 0 Å². The summed E-state index contributed by atoms with van der Waals surface area (Å²) in [6.45, 7) is 8.77. The fourth-order valence-corrected chi connectivity index (χ4v) is 4.06. The van der Waals surface area contributed by atoms with Crippen LogP contribution in [-0.2, 0) is 0 Å². The van der Waals surface area contributed by atoms with Gasteiger partial charge in [-0.2, -0.15) is 0 Å². The highest BCUT2D eigenvalue weighted by Gasteiger charge is 2.31. The van der Waals surface area contributed by atoms with Crippen molar-refractivity contribution >= 4 is 5.69 Å². The molecule has 0 aromatic carbocycles. The Morgan fingerprint density at radius 1 is 1.14 bits per heavy atom. The van der Waals surface area contributed by atoms with Crippen LogP contribution in [0.5, 0.6) is 0 Å². The quantitative estimate of drug-likeness (QED) is 0.903. The second kappa shape index (κ2) is 6.35. The summed E-state index contributed by atoms with van der Waals surface area (Å²) >= 11 is 0. The molecule has 0 radical (unpaired) electrons. The number of pyridine rings is 1. The van der Waals surface area contributed by atoms with E-state index in [0.717, 1.165) is 24.7 Å². The number of anilines is 1. The minimum absolute atomic E-state index is 0.549. The Kier molecular flexibility index (Phi) is 4.48. The van der Waals surface area contributed by atoms with Crippen molar-refractivity contribution in [2.45, 2.75) is 65.0 Å². The summed E-state index contributed by atoms with van der Waals surface area (Å²) in [5, 5.41) is 3.81. The van der Waals surface area contributed by atoms with Crippen LogP contribution >= 0.6 is 0 Å². The number of aromatic nitrogens is 1. The van der Waals surface area contributed by atoms with Gasteiger partial charge in [-0.1, -0.05) is 19.3 Å². The summed E-state index contributed by atoms with van der Waals surface area (Å²) in [5.74, 6) is 0.868. The molecule has 3 heteroatoms. The van der Waals surface area contributed by atoms with E-state index in [4.69, 9.17) is 0 Å². The second-order valence-electron chi connectivity index (χ2n) is 6.97. The van der Waals surface area contributed by atoms with E-state index < -0.39 is 0 Å². The van der Waals surface area contributed by atoms with Crippen molar-refractivity contribution in [3.05, 3.63) is 23.5 Å². The van der Waals surface area contributed by atoms with Crippen LogP contribution in [-0.4, -0.2) is 30.2 Å². The molecule has 2 heterocycles. The van der Waals surface area contributed by atoms with Crippen LogP contribution in [0.2, 0.25) is 0 Å². The third-order valence-electron chi connectivity index (χ3n) is 5.33. The first-order valence-corrected chi connectivity index (χ1v) is 8.59. The molecular weight excluding hydrogens is 258 g/mol. The molecule has 1 aliphatic carbocycles. The molecule has 21 heavy (non-hydrogen) atoms. The van der Waals surface area contributed by atoms with Crippen molar-refractivity contribution in [1.82, 2.24) is 10.3 Å². The lowest BCUT2D eigenvalue weighted by Crippen LogP contribution is -2.58. The number of nitrogens with zero attached hydrogens (tertiary/aromatic N) is 2. The number of piperazine rings is 1. The molecule has 3 nitrogen and oxygen atoms in total. The highest BCUT2D eigenvalue weighted by molar-refractivity contribution is 5.52. The van der Waals surface area contributed by atoms with Crippen LogP contribution < -0.4 is 10.2 Å². The smallest absolute Gasteiger partial charge is 0.0609 e. The van der Waals surface area contributed by atoms with E-state index in [9.17, 15) is 0 Å². The lowest BCUT2D eigenvalue weighted by Gasteiger charge is -2.44. The summed E-state index contributed by atoms with van der Waals surface area (Å²) in [6, 6.07) is 5.61. The summed E-state index contributed by atoms with van der Waals surface area (Å²) < 4.78 is 0. The van der Waals surface area contributed by atoms with Gasteiger partial charge in [0.05, 0.1) is 11.4 Å². The first-order chi connectivity index (χ1) is 10.1. The van der Waals surface area contributed by atoms with Crippen LogP contribution in [0.3, 0.4) is 0 Å². The minimum atomic E-state index is 0.549. The highest BCUT2D eigenvalue weighted by Crippen LogP contribution is 2.30. The zero-order chi connectivity index (χ0) is 14.8. The molecule has 1 saturated carbocycles. The van der Waals surface area contributed by atoms with Crippen molar-refractivity contribution in [3.63, 3.8) is 0 Å². The average molecular weight is 287 g/mol. The number of aryl methyl sites for hydroxylation is 2. The first-order valence-electron chi connectivity index (χ1n) is 8.59. The molecule has 3 rings (SSSR count). The van der Waals surface area contributed by atoms with Gasteiger partial charge in [-0.25, -0.2) is 0 Å². The van der Waals surface area contributed by atoms with Crippen molar-refractivity contribution in [2.24, 2.45) is 5.92 Å². The van der Waals surface area contributed by atoms with Gasteiger partial charge in [0.25, 0.3) is 0 Å². The third kappa shape index (κ3) is 3.23. The van der Waals surface area contributed by atoms with Crippen LogP contribution in [0.1, 0.15) is 50.4 Å². The van der Waals surface area contributed by atoms with Crippen LogP contribution in [0.15, 0.2) is 12.1 Å². The Morgan fingerprint density at radius 3 is 2.62 bits per heavy atom. The summed E-state index contributed by atoms with van der Waals surface area (Å²) in [5.41, 5.74) is 3.62. The molecule has 0 spiro atoms. The van der Waals surface area contributed by atoms with Gasteiger partial charge in [-0.05, 0) is 51.7 Å². The van der Waals surface area contributed by atoms with E-state index in [1.807, 2.05) is 0 Å². The third-order valence-corrected chi connectivity index (χ3v) is 5.33. The van der Waals surface area contributed by atoms with Gasteiger partial charge in [0, 0.05) is 30.9 Å². The molecule has 1 aromatic rings. The number of nitrogens with one attached hydrogen (secondary N) is 1.